The summed E-state index contributed by atoms with van der Waals surface area (Å²) in [5, 5.41) is 6.20. The molecule has 4 fully saturated rings. The van der Waals surface area contributed by atoms with Gasteiger partial charge in [-0.15, -0.1) is 0 Å². The molecule has 0 radical (unpaired) electrons. The average Bonchev–Trinajstić information content (AvgIpc) is 2.78. The van der Waals surface area contributed by atoms with Crippen molar-refractivity contribution in [1.82, 2.24) is 0 Å². The molecule has 4 aliphatic carbocycles. The molecule has 0 aromatic heterocycles. The zero-order chi connectivity index (χ0) is 30.3. The van der Waals surface area contributed by atoms with Gasteiger partial charge in [0, 0.05) is 11.8 Å². The summed E-state index contributed by atoms with van der Waals surface area (Å²) in [5.74, 6) is -46.6. The zero-order valence-electron chi connectivity index (χ0n) is 18.4. The van der Waals surface area contributed by atoms with Crippen molar-refractivity contribution in [2.45, 2.75) is 78.5 Å². The van der Waals surface area contributed by atoms with E-state index in [9.17, 15) is 71.9 Å². The molecule has 0 spiro atoms. The van der Waals surface area contributed by atoms with Crippen molar-refractivity contribution in [1.29, 1.82) is 0 Å². The zero-order valence-corrected chi connectivity index (χ0v) is 19.2. The topological polar surface area (TPSA) is 84.9 Å². The van der Waals surface area contributed by atoms with Crippen LogP contribution in [0.25, 0.3) is 0 Å². The number of Topliss-reactive ketones (excluding diaryl/α,β-unsaturated/α-hetero) is 1. The van der Waals surface area contributed by atoms with Gasteiger partial charge in [-0.05, 0) is 38.0 Å². The third-order valence-electron chi connectivity index (χ3n) is 7.02. The first kappa shape index (κ1) is 31.9. The number of halogens is 14. The fourth-order valence-corrected chi connectivity index (χ4v) is 5.77. The van der Waals surface area contributed by atoms with E-state index < -0.39 is 95.0 Å². The van der Waals surface area contributed by atoms with Crippen LogP contribution in [-0.4, -0.2) is 58.1 Å². The Labute approximate surface area is 211 Å². The number of ether oxygens (including phenoxy) is 1. The lowest BCUT2D eigenvalue weighted by atomic mass is 9.53. The van der Waals surface area contributed by atoms with Crippen LogP contribution in [0.1, 0.15) is 32.1 Å². The number of rotatable bonds is 10. The van der Waals surface area contributed by atoms with E-state index in [2.05, 4.69) is 14.1 Å². The predicted molar refractivity (Wildman–Crippen MR) is 91.8 cm³/mol. The lowest BCUT2D eigenvalue weighted by molar-refractivity contribution is -0.777. The van der Waals surface area contributed by atoms with Gasteiger partial charge < -0.3 is 9.99 Å². The lowest BCUT2D eigenvalue weighted by Gasteiger charge is -2.55. The minimum Gasteiger partial charge on any atom is -0.691 e. The predicted octanol–water partition coefficient (Wildman–Crippen LogP) is 4.95. The van der Waals surface area contributed by atoms with Crippen LogP contribution < -0.4 is 5.26 Å². The van der Waals surface area contributed by atoms with E-state index in [4.69, 9.17) is 0 Å². The number of carbonyl (C=O) groups is 2. The largest absolute Gasteiger partial charge is 0.691 e. The Kier molecular flexibility index (Phi) is 7.53. The van der Waals surface area contributed by atoms with Crippen LogP contribution in [0.5, 0.6) is 0 Å². The lowest BCUT2D eigenvalue weighted by Crippen LogP contribution is -2.74. The van der Waals surface area contributed by atoms with Gasteiger partial charge in [0.25, 0.3) is 0 Å². The third-order valence-corrected chi connectivity index (χ3v) is 7.80. The normalized spacial score (nSPS) is 29.9. The first-order chi connectivity index (χ1) is 17.4. The van der Waals surface area contributed by atoms with Crippen LogP contribution in [0.3, 0.4) is 0 Å². The highest BCUT2D eigenvalue weighted by Gasteiger charge is 2.94. The Morgan fingerprint density at radius 3 is 1.62 bits per heavy atom. The standard InChI is InChI=1S/C18H14F14O6S/c19-12(39-38-37-35,10(34)36-11-3-6-1-7(4-11)9(33)8(2-6)5-11)13(20,21)14(22,23)15(24,25)16(26,27)17(28,29)18(30,31)32/h6-8,35H,1-5H2/p-1. The second-order valence-corrected chi connectivity index (χ2v) is 10.4. The SMILES string of the molecule is O=C1C2CC3CC1CC(OC(=O)C(F)(SOO[O-])C(F)(F)C(F)(F)C(F)(F)C(F)(F)C(F)(F)C(F)(F)F)(C3)C2. The smallest absolute Gasteiger partial charge is 0.460 e. The van der Waals surface area contributed by atoms with E-state index in [1.807, 2.05) is 0 Å². The summed E-state index contributed by atoms with van der Waals surface area (Å²) in [5.41, 5.74) is -2.04. The number of hydrogen-bond donors (Lipinski definition) is 0. The Hall–Kier alpha value is -1.61. The number of ketones is 1. The van der Waals surface area contributed by atoms with E-state index in [0.29, 0.717) is 0 Å². The first-order valence-corrected chi connectivity index (χ1v) is 11.2. The number of esters is 1. The highest BCUT2D eigenvalue weighted by Crippen LogP contribution is 2.64. The molecule has 0 aromatic rings. The summed E-state index contributed by atoms with van der Waals surface area (Å²) in [6.45, 7) is 0. The van der Waals surface area contributed by atoms with E-state index in [1.165, 1.54) is 0 Å². The molecule has 226 valence electrons. The van der Waals surface area contributed by atoms with Crippen molar-refractivity contribution >= 4 is 23.8 Å². The van der Waals surface area contributed by atoms with Gasteiger partial charge in [-0.2, -0.15) is 61.4 Å². The number of alkyl halides is 14. The third kappa shape index (κ3) is 4.36. The minimum atomic E-state index is -8.42. The van der Waals surface area contributed by atoms with Crippen LogP contribution >= 0.6 is 12.0 Å². The Balaban J connectivity index is 2.03. The molecule has 0 amide bonds. The molecule has 0 aromatic carbocycles. The molecule has 0 heterocycles. The van der Waals surface area contributed by atoms with E-state index in [1.54, 1.807) is 0 Å². The highest BCUT2D eigenvalue weighted by molar-refractivity contribution is 7.96. The molecule has 4 aliphatic rings. The molecule has 3 unspecified atom stereocenters. The van der Waals surface area contributed by atoms with Crippen molar-refractivity contribution < 1.29 is 90.4 Å². The van der Waals surface area contributed by atoms with Gasteiger partial charge in [-0.1, -0.05) is 0 Å². The second kappa shape index (κ2) is 9.20. The van der Waals surface area contributed by atoms with Crippen LogP contribution in [0.15, 0.2) is 0 Å². The molecule has 4 saturated carbocycles. The van der Waals surface area contributed by atoms with Crippen molar-refractivity contribution in [3.8, 4) is 0 Å². The van der Waals surface area contributed by atoms with Gasteiger partial charge in [0.05, 0.1) is 12.0 Å². The molecule has 0 N–H and O–H groups in total. The maximum atomic E-state index is 15.3. The summed E-state index contributed by atoms with van der Waals surface area (Å²) in [7, 11) is 0. The van der Waals surface area contributed by atoms with Gasteiger partial charge >= 0.3 is 46.8 Å². The van der Waals surface area contributed by atoms with E-state index >= 15 is 4.39 Å². The van der Waals surface area contributed by atoms with Crippen molar-refractivity contribution in [2.75, 3.05) is 0 Å². The molecule has 6 nitrogen and oxygen atoms in total. The molecule has 21 heteroatoms. The Bertz CT molecular complexity index is 985. The van der Waals surface area contributed by atoms with Gasteiger partial charge in [0.2, 0.25) is 0 Å². The fraction of sp³-hybridized carbons (Fsp3) is 0.889. The molecule has 4 rings (SSSR count). The van der Waals surface area contributed by atoms with Crippen LogP contribution in [0, 0.1) is 17.8 Å². The molecule has 3 atom stereocenters. The van der Waals surface area contributed by atoms with E-state index in [0.717, 1.165) is 0 Å². The first-order valence-electron chi connectivity index (χ1n) is 10.4. The Morgan fingerprint density at radius 2 is 1.18 bits per heavy atom. The maximum absolute atomic E-state index is 15.3. The summed E-state index contributed by atoms with van der Waals surface area (Å²) in [4.78, 5) is 24.6. The van der Waals surface area contributed by atoms with Gasteiger partial charge in [0.15, 0.2) is 0 Å². The summed E-state index contributed by atoms with van der Waals surface area (Å²) >= 11 is -2.13. The maximum Gasteiger partial charge on any atom is 0.460 e. The fourth-order valence-electron chi connectivity index (χ4n) is 5.31. The van der Waals surface area contributed by atoms with E-state index in [-0.39, 0.29) is 25.0 Å². The molecule has 4 bridgehead atoms. The molecule has 0 saturated heterocycles. The second-order valence-electron chi connectivity index (χ2n) is 9.50. The van der Waals surface area contributed by atoms with Crippen LogP contribution in [0.2, 0.25) is 0 Å². The number of carbonyl (C=O) groups excluding carboxylic acids is 2. The average molecular weight is 623 g/mol. The quantitative estimate of drug-likeness (QED) is 0.112. The van der Waals surface area contributed by atoms with Crippen molar-refractivity contribution in [3.63, 3.8) is 0 Å². The van der Waals surface area contributed by atoms with Gasteiger partial charge in [0.1, 0.15) is 11.4 Å². The minimum absolute atomic E-state index is 0.209. The molecule has 0 aliphatic heterocycles. The summed E-state index contributed by atoms with van der Waals surface area (Å²) in [6.07, 6.45) is -8.55. The van der Waals surface area contributed by atoms with Crippen molar-refractivity contribution in [2.24, 2.45) is 17.8 Å². The molecule has 39 heavy (non-hydrogen) atoms. The highest BCUT2D eigenvalue weighted by atomic mass is 32.2. The van der Waals surface area contributed by atoms with Gasteiger partial charge in [-0.3, -0.25) is 9.83 Å². The number of hydrogen-bond acceptors (Lipinski definition) is 7. The van der Waals surface area contributed by atoms with Crippen LogP contribution in [-0.2, 0) is 23.7 Å². The molecular formula is C18H13F14O6S-. The monoisotopic (exact) mass is 623 g/mol. The van der Waals surface area contributed by atoms with Gasteiger partial charge in [-0.25, -0.2) is 9.18 Å². The summed E-state index contributed by atoms with van der Waals surface area (Å²) < 4.78 is 199. The van der Waals surface area contributed by atoms with Crippen LogP contribution in [0.4, 0.5) is 61.5 Å². The van der Waals surface area contributed by atoms with Crippen molar-refractivity contribution in [3.05, 3.63) is 0 Å². The Morgan fingerprint density at radius 1 is 0.744 bits per heavy atom. The molecular weight excluding hydrogens is 610 g/mol. The summed E-state index contributed by atoms with van der Waals surface area (Å²) in [6, 6.07) is 0.